The molecule has 0 aromatic heterocycles. The molecule has 26 heavy (non-hydrogen) atoms. The number of carbonyl (C=O) groups excluding carboxylic acids is 1. The number of ether oxygens (including phenoxy) is 1. The van der Waals surface area contributed by atoms with Crippen LogP contribution < -0.4 is 0 Å². The van der Waals surface area contributed by atoms with Crippen LogP contribution in [-0.4, -0.2) is 12.6 Å². The lowest BCUT2D eigenvalue weighted by Crippen LogP contribution is -2.02. The highest BCUT2D eigenvalue weighted by Gasteiger charge is 1.97. The molecule has 0 radical (unpaired) electrons. The first kappa shape index (κ1) is 23.9. The predicted molar refractivity (Wildman–Crippen MR) is 114 cm³/mol. The Kier molecular flexibility index (Phi) is 19.3. The molecule has 0 fully saturated rings. The summed E-state index contributed by atoms with van der Waals surface area (Å²) in [5.74, 6) is -0.118. The van der Waals surface area contributed by atoms with Gasteiger partial charge < -0.3 is 4.74 Å². The van der Waals surface area contributed by atoms with Crippen LogP contribution >= 0.6 is 0 Å². The SMILES string of the molecule is CC=CCCC=CCC=CCC=CCC=CCC=CCCC(=O)OCC. The molecule has 0 heterocycles. The molecule has 0 atom stereocenters. The van der Waals surface area contributed by atoms with Gasteiger partial charge in [0.05, 0.1) is 6.61 Å². The van der Waals surface area contributed by atoms with Gasteiger partial charge in [-0.05, 0) is 58.8 Å². The van der Waals surface area contributed by atoms with Gasteiger partial charge in [-0.25, -0.2) is 0 Å². The Morgan fingerprint density at radius 3 is 1.54 bits per heavy atom. The van der Waals surface area contributed by atoms with Crippen molar-refractivity contribution in [2.24, 2.45) is 0 Å². The number of unbranched alkanes of at least 4 members (excludes halogenated alkanes) is 1. The molecule has 0 rings (SSSR count). The quantitative estimate of drug-likeness (QED) is 0.179. The Labute approximate surface area is 160 Å². The molecule has 0 aliphatic rings. The molecule has 0 spiro atoms. The van der Waals surface area contributed by atoms with Crippen LogP contribution in [0.4, 0.5) is 0 Å². The van der Waals surface area contributed by atoms with E-state index in [1.165, 1.54) is 0 Å². The Morgan fingerprint density at radius 2 is 1.08 bits per heavy atom. The number of rotatable bonds is 15. The van der Waals surface area contributed by atoms with Gasteiger partial charge in [-0.3, -0.25) is 4.79 Å². The molecule has 0 N–H and O–H groups in total. The number of carbonyl (C=O) groups is 1. The van der Waals surface area contributed by atoms with E-state index in [2.05, 4.69) is 73.8 Å². The molecule has 0 bridgehead atoms. The number of hydrogen-bond donors (Lipinski definition) is 0. The second-order valence-electron chi connectivity index (χ2n) is 5.79. The minimum absolute atomic E-state index is 0.118. The molecule has 0 saturated heterocycles. The van der Waals surface area contributed by atoms with E-state index in [0.717, 1.165) is 44.9 Å². The van der Waals surface area contributed by atoms with Gasteiger partial charge >= 0.3 is 5.97 Å². The molecule has 0 aromatic carbocycles. The first-order valence-electron chi connectivity index (χ1n) is 9.83. The van der Waals surface area contributed by atoms with E-state index in [9.17, 15) is 4.79 Å². The summed E-state index contributed by atoms with van der Waals surface area (Å²) >= 11 is 0. The monoisotopic (exact) mass is 356 g/mol. The van der Waals surface area contributed by atoms with Crippen LogP contribution in [0.15, 0.2) is 72.9 Å². The fraction of sp³-hybridized carbons (Fsp3) is 0.458. The second-order valence-corrected chi connectivity index (χ2v) is 5.79. The van der Waals surface area contributed by atoms with Crippen molar-refractivity contribution in [2.75, 3.05) is 6.61 Å². The van der Waals surface area contributed by atoms with Crippen molar-refractivity contribution >= 4 is 5.97 Å². The zero-order valence-electron chi connectivity index (χ0n) is 16.6. The average Bonchev–Trinajstić information content (AvgIpc) is 2.64. The first-order valence-corrected chi connectivity index (χ1v) is 9.83. The van der Waals surface area contributed by atoms with Gasteiger partial charge in [0.2, 0.25) is 0 Å². The van der Waals surface area contributed by atoms with Crippen molar-refractivity contribution in [3.63, 3.8) is 0 Å². The van der Waals surface area contributed by atoms with Crippen molar-refractivity contribution < 1.29 is 9.53 Å². The maximum atomic E-state index is 11.1. The predicted octanol–water partition coefficient (Wildman–Crippen LogP) is 7.03. The van der Waals surface area contributed by atoms with Gasteiger partial charge in [-0.2, -0.15) is 0 Å². The molecule has 144 valence electrons. The molecule has 0 saturated carbocycles. The Balaban J connectivity index is 3.52. The Bertz CT molecular complexity index is 490. The molecule has 0 unspecified atom stereocenters. The molecule has 2 heteroatoms. The van der Waals surface area contributed by atoms with Gasteiger partial charge in [-0.1, -0.05) is 72.9 Å². The first-order chi connectivity index (χ1) is 12.8. The van der Waals surface area contributed by atoms with Gasteiger partial charge in [0, 0.05) is 6.42 Å². The maximum Gasteiger partial charge on any atom is 0.306 e. The molecule has 0 aliphatic carbocycles. The van der Waals surface area contributed by atoms with Gasteiger partial charge in [0.15, 0.2) is 0 Å². The van der Waals surface area contributed by atoms with Gasteiger partial charge in [0.25, 0.3) is 0 Å². The molecule has 0 amide bonds. The summed E-state index contributed by atoms with van der Waals surface area (Å²) in [5.41, 5.74) is 0. The number of allylic oxidation sites excluding steroid dienone is 12. The summed E-state index contributed by atoms with van der Waals surface area (Å²) in [6, 6.07) is 0. The number of hydrogen-bond acceptors (Lipinski definition) is 2. The molecule has 2 nitrogen and oxygen atoms in total. The zero-order valence-corrected chi connectivity index (χ0v) is 16.6. The van der Waals surface area contributed by atoms with Crippen LogP contribution in [-0.2, 0) is 9.53 Å². The molecule has 0 aromatic rings. The maximum absolute atomic E-state index is 11.1. The summed E-state index contributed by atoms with van der Waals surface area (Å²) in [4.78, 5) is 11.1. The van der Waals surface area contributed by atoms with E-state index in [0.29, 0.717) is 13.0 Å². The van der Waals surface area contributed by atoms with Crippen LogP contribution in [0.25, 0.3) is 0 Å². The van der Waals surface area contributed by atoms with Crippen LogP contribution in [0.3, 0.4) is 0 Å². The lowest BCUT2D eigenvalue weighted by Gasteiger charge is -1.97. The standard InChI is InChI=1S/C24H36O2/c1-3-5-6-7-8-9-10-11-12-13-14-15-16-17-18-19-20-21-22-23-24(25)26-4-2/h3,5,8-9,11-12,14-15,17-18,20-21H,4,6-7,10,13,16,19,22-23H2,1-2H3. The van der Waals surface area contributed by atoms with Crippen LogP contribution in [0, 0.1) is 0 Å². The lowest BCUT2D eigenvalue weighted by molar-refractivity contribution is -0.142. The highest BCUT2D eigenvalue weighted by atomic mass is 16.5. The normalized spacial score (nSPS) is 12.8. The third-order valence-corrected chi connectivity index (χ3v) is 3.48. The van der Waals surface area contributed by atoms with Crippen LogP contribution in [0.5, 0.6) is 0 Å². The van der Waals surface area contributed by atoms with E-state index in [-0.39, 0.29) is 5.97 Å². The van der Waals surface area contributed by atoms with Crippen molar-refractivity contribution in [3.8, 4) is 0 Å². The fourth-order valence-corrected chi connectivity index (χ4v) is 2.11. The third kappa shape index (κ3) is 20.0. The summed E-state index contributed by atoms with van der Waals surface area (Å²) < 4.78 is 4.87. The molecule has 0 aliphatic heterocycles. The zero-order chi connectivity index (χ0) is 19.1. The van der Waals surface area contributed by atoms with Crippen molar-refractivity contribution in [3.05, 3.63) is 72.9 Å². The van der Waals surface area contributed by atoms with E-state index < -0.39 is 0 Å². The second kappa shape index (κ2) is 21.0. The van der Waals surface area contributed by atoms with E-state index in [4.69, 9.17) is 4.74 Å². The van der Waals surface area contributed by atoms with Crippen LogP contribution in [0.2, 0.25) is 0 Å². The Morgan fingerprint density at radius 1 is 0.654 bits per heavy atom. The molecular formula is C24H36O2. The van der Waals surface area contributed by atoms with Gasteiger partial charge in [-0.15, -0.1) is 0 Å². The highest BCUT2D eigenvalue weighted by Crippen LogP contribution is 1.99. The highest BCUT2D eigenvalue weighted by molar-refractivity contribution is 5.69. The van der Waals surface area contributed by atoms with E-state index in [1.807, 2.05) is 13.0 Å². The van der Waals surface area contributed by atoms with Crippen molar-refractivity contribution in [1.29, 1.82) is 0 Å². The summed E-state index contributed by atoms with van der Waals surface area (Å²) in [5, 5.41) is 0. The van der Waals surface area contributed by atoms with Crippen molar-refractivity contribution in [2.45, 2.75) is 65.2 Å². The molecular weight excluding hydrogens is 320 g/mol. The smallest absolute Gasteiger partial charge is 0.306 e. The third-order valence-electron chi connectivity index (χ3n) is 3.48. The summed E-state index contributed by atoms with van der Waals surface area (Å²) in [6.45, 7) is 4.35. The van der Waals surface area contributed by atoms with Gasteiger partial charge in [0.1, 0.15) is 0 Å². The topological polar surface area (TPSA) is 26.3 Å². The Hall–Kier alpha value is -2.09. The summed E-state index contributed by atoms with van der Waals surface area (Å²) in [6.07, 6.45) is 33.4. The fourth-order valence-electron chi connectivity index (χ4n) is 2.11. The van der Waals surface area contributed by atoms with E-state index >= 15 is 0 Å². The summed E-state index contributed by atoms with van der Waals surface area (Å²) in [7, 11) is 0. The largest absolute Gasteiger partial charge is 0.466 e. The van der Waals surface area contributed by atoms with Crippen LogP contribution in [0.1, 0.15) is 65.2 Å². The number of esters is 1. The van der Waals surface area contributed by atoms with E-state index in [1.54, 1.807) is 0 Å². The minimum atomic E-state index is -0.118. The minimum Gasteiger partial charge on any atom is -0.466 e. The van der Waals surface area contributed by atoms with Crippen molar-refractivity contribution in [1.82, 2.24) is 0 Å². The lowest BCUT2D eigenvalue weighted by atomic mass is 10.2. The average molecular weight is 357 g/mol.